The second-order valence-corrected chi connectivity index (χ2v) is 9.59. The van der Waals surface area contributed by atoms with Crippen molar-refractivity contribution in [2.75, 3.05) is 0 Å². The van der Waals surface area contributed by atoms with Gasteiger partial charge in [0.1, 0.15) is 10.3 Å². The molecule has 0 spiro atoms. The van der Waals surface area contributed by atoms with Crippen LogP contribution in [-0.4, -0.2) is 18.9 Å². The summed E-state index contributed by atoms with van der Waals surface area (Å²) in [7, 11) is 0. The first-order valence-corrected chi connectivity index (χ1v) is 12.2. The van der Waals surface area contributed by atoms with Crippen molar-refractivity contribution >= 4 is 39.0 Å². The topological polar surface area (TPSA) is 69.3 Å². The minimum atomic E-state index is -0.128. The van der Waals surface area contributed by atoms with Gasteiger partial charge in [0.25, 0.3) is 11.1 Å². The fourth-order valence-electron chi connectivity index (χ4n) is 3.61. The molecule has 1 aromatic carbocycles. The number of fused-ring (bicyclic) bond motifs is 2. The molecule has 4 heterocycles. The van der Waals surface area contributed by atoms with Crippen molar-refractivity contribution in [3.8, 4) is 10.4 Å². The van der Waals surface area contributed by atoms with Crippen LogP contribution in [0.15, 0.2) is 88.2 Å². The standard InChI is InChI=1S/C25H20N4O2S2/c1-3-11-28-24(31)23-19(13-20(33-23)17-7-5-4-6-8-17)27-25(28)32-15-18-12-22(30)29-14-16(2)9-10-21(29)26-18/h3-10,12-14H,1,11,15H2,2H3. The summed E-state index contributed by atoms with van der Waals surface area (Å²) in [5.41, 5.74) is 3.75. The van der Waals surface area contributed by atoms with Gasteiger partial charge in [-0.3, -0.25) is 18.6 Å². The molecular formula is C25H20N4O2S2. The molecule has 0 amide bonds. The lowest BCUT2D eigenvalue weighted by atomic mass is 10.2. The maximum absolute atomic E-state index is 13.3. The normalized spacial score (nSPS) is 11.3. The van der Waals surface area contributed by atoms with Crippen LogP contribution < -0.4 is 11.1 Å². The molecule has 33 heavy (non-hydrogen) atoms. The molecule has 0 fully saturated rings. The molecule has 5 rings (SSSR count). The minimum absolute atomic E-state index is 0.0865. The number of hydrogen-bond donors (Lipinski definition) is 0. The van der Waals surface area contributed by atoms with Gasteiger partial charge in [0.15, 0.2) is 5.16 Å². The molecular weight excluding hydrogens is 452 g/mol. The van der Waals surface area contributed by atoms with Gasteiger partial charge in [-0.05, 0) is 30.2 Å². The number of aromatic nitrogens is 4. The number of nitrogens with zero attached hydrogens (tertiary/aromatic N) is 4. The monoisotopic (exact) mass is 472 g/mol. The van der Waals surface area contributed by atoms with Crippen LogP contribution in [-0.2, 0) is 12.3 Å². The van der Waals surface area contributed by atoms with Gasteiger partial charge in [-0.25, -0.2) is 9.97 Å². The highest BCUT2D eigenvalue weighted by atomic mass is 32.2. The van der Waals surface area contributed by atoms with E-state index in [1.54, 1.807) is 16.8 Å². The summed E-state index contributed by atoms with van der Waals surface area (Å²) in [4.78, 5) is 36.2. The Labute approximate surface area is 197 Å². The smallest absolute Gasteiger partial charge is 0.272 e. The average molecular weight is 473 g/mol. The molecule has 0 saturated carbocycles. The number of pyridine rings is 1. The molecule has 0 unspecified atom stereocenters. The highest BCUT2D eigenvalue weighted by molar-refractivity contribution is 7.98. The summed E-state index contributed by atoms with van der Waals surface area (Å²) in [6.07, 6.45) is 3.47. The van der Waals surface area contributed by atoms with Gasteiger partial charge in [0.2, 0.25) is 0 Å². The van der Waals surface area contributed by atoms with E-state index in [1.807, 2.05) is 55.5 Å². The SMILES string of the molecule is C=CCn1c(SCc2cc(=O)n3cc(C)ccc3n2)nc2cc(-c3ccccc3)sc2c1=O. The van der Waals surface area contributed by atoms with Crippen molar-refractivity contribution in [2.45, 2.75) is 24.4 Å². The van der Waals surface area contributed by atoms with Crippen LogP contribution in [0.3, 0.4) is 0 Å². The average Bonchev–Trinajstić information content (AvgIpc) is 3.25. The van der Waals surface area contributed by atoms with E-state index < -0.39 is 0 Å². The van der Waals surface area contributed by atoms with Crippen molar-refractivity contribution in [1.29, 1.82) is 0 Å². The predicted molar refractivity (Wildman–Crippen MR) is 135 cm³/mol. The zero-order chi connectivity index (χ0) is 22.9. The Morgan fingerprint density at radius 2 is 1.91 bits per heavy atom. The summed E-state index contributed by atoms with van der Waals surface area (Å²) in [5.74, 6) is 0.421. The van der Waals surface area contributed by atoms with Crippen LogP contribution in [0.5, 0.6) is 0 Å². The Morgan fingerprint density at radius 3 is 2.70 bits per heavy atom. The van der Waals surface area contributed by atoms with E-state index in [-0.39, 0.29) is 11.1 Å². The van der Waals surface area contributed by atoms with Gasteiger partial charge in [0, 0.05) is 29.4 Å². The summed E-state index contributed by atoms with van der Waals surface area (Å²) < 4.78 is 3.79. The molecule has 0 N–H and O–H groups in total. The van der Waals surface area contributed by atoms with E-state index in [4.69, 9.17) is 4.98 Å². The van der Waals surface area contributed by atoms with Crippen molar-refractivity contribution in [1.82, 2.24) is 18.9 Å². The largest absolute Gasteiger partial charge is 0.282 e. The molecule has 0 atom stereocenters. The molecule has 0 aliphatic heterocycles. The minimum Gasteiger partial charge on any atom is -0.282 e. The molecule has 5 aromatic rings. The van der Waals surface area contributed by atoms with Gasteiger partial charge >= 0.3 is 0 Å². The molecule has 6 nitrogen and oxygen atoms in total. The molecule has 0 aliphatic carbocycles. The van der Waals surface area contributed by atoms with Crippen molar-refractivity contribution in [3.05, 3.63) is 105 Å². The lowest BCUT2D eigenvalue weighted by molar-refractivity contribution is 0.672. The zero-order valence-corrected chi connectivity index (χ0v) is 19.5. The summed E-state index contributed by atoms with van der Waals surface area (Å²) in [6.45, 7) is 6.08. The van der Waals surface area contributed by atoms with Gasteiger partial charge in [-0.1, -0.05) is 54.2 Å². The van der Waals surface area contributed by atoms with E-state index in [0.29, 0.717) is 39.0 Å². The maximum Gasteiger partial charge on any atom is 0.272 e. The molecule has 4 aromatic heterocycles. The maximum atomic E-state index is 13.3. The Kier molecular flexibility index (Phi) is 5.70. The predicted octanol–water partition coefficient (Wildman–Crippen LogP) is 4.92. The molecule has 0 saturated heterocycles. The van der Waals surface area contributed by atoms with E-state index in [9.17, 15) is 9.59 Å². The molecule has 0 bridgehead atoms. The number of thioether (sulfide) groups is 1. The number of aryl methyl sites for hydroxylation is 1. The fraction of sp³-hybridized carbons (Fsp3) is 0.120. The zero-order valence-electron chi connectivity index (χ0n) is 17.9. The van der Waals surface area contributed by atoms with E-state index in [1.165, 1.54) is 33.6 Å². The second kappa shape index (κ2) is 8.80. The van der Waals surface area contributed by atoms with E-state index in [0.717, 1.165) is 16.0 Å². The van der Waals surface area contributed by atoms with E-state index in [2.05, 4.69) is 11.6 Å². The van der Waals surface area contributed by atoms with Crippen molar-refractivity contribution < 1.29 is 0 Å². The number of benzene rings is 1. The Balaban J connectivity index is 1.53. The van der Waals surface area contributed by atoms with Gasteiger partial charge < -0.3 is 0 Å². The Hall–Kier alpha value is -3.49. The molecule has 164 valence electrons. The van der Waals surface area contributed by atoms with E-state index >= 15 is 0 Å². The number of rotatable bonds is 6. The fourth-order valence-corrected chi connectivity index (χ4v) is 5.56. The third kappa shape index (κ3) is 4.15. The van der Waals surface area contributed by atoms with Crippen LogP contribution >= 0.6 is 23.1 Å². The Morgan fingerprint density at radius 1 is 1.09 bits per heavy atom. The number of allylic oxidation sites excluding steroid dienone is 1. The summed E-state index contributed by atoms with van der Waals surface area (Å²) in [5, 5.41) is 0.579. The second-order valence-electron chi connectivity index (χ2n) is 7.60. The molecule has 0 radical (unpaired) electrons. The summed E-state index contributed by atoms with van der Waals surface area (Å²) >= 11 is 2.84. The van der Waals surface area contributed by atoms with Crippen molar-refractivity contribution in [2.24, 2.45) is 0 Å². The molecule has 0 aliphatic rings. The third-order valence-electron chi connectivity index (χ3n) is 5.18. The van der Waals surface area contributed by atoms with Crippen LogP contribution in [0.1, 0.15) is 11.3 Å². The summed E-state index contributed by atoms with van der Waals surface area (Å²) in [6, 6.07) is 17.2. The molecule has 8 heteroatoms. The first kappa shape index (κ1) is 21.4. The quantitative estimate of drug-likeness (QED) is 0.199. The highest BCUT2D eigenvalue weighted by Gasteiger charge is 2.15. The van der Waals surface area contributed by atoms with Crippen LogP contribution in [0.2, 0.25) is 0 Å². The van der Waals surface area contributed by atoms with Crippen LogP contribution in [0, 0.1) is 6.92 Å². The lowest BCUT2D eigenvalue weighted by Crippen LogP contribution is -2.22. The number of hydrogen-bond acceptors (Lipinski definition) is 6. The van der Waals surface area contributed by atoms with Gasteiger partial charge in [0.05, 0.1) is 11.2 Å². The van der Waals surface area contributed by atoms with Crippen LogP contribution in [0.25, 0.3) is 26.3 Å². The van der Waals surface area contributed by atoms with Gasteiger partial charge in [-0.2, -0.15) is 0 Å². The first-order chi connectivity index (χ1) is 16.0. The first-order valence-electron chi connectivity index (χ1n) is 10.4. The Bertz CT molecular complexity index is 1620. The van der Waals surface area contributed by atoms with Crippen LogP contribution in [0.4, 0.5) is 0 Å². The van der Waals surface area contributed by atoms with Gasteiger partial charge in [-0.15, -0.1) is 17.9 Å². The highest BCUT2D eigenvalue weighted by Crippen LogP contribution is 2.32. The third-order valence-corrected chi connectivity index (χ3v) is 7.35. The van der Waals surface area contributed by atoms with Crippen molar-refractivity contribution in [3.63, 3.8) is 0 Å². The number of thiophene rings is 1. The lowest BCUT2D eigenvalue weighted by Gasteiger charge is -2.10.